The van der Waals surface area contributed by atoms with Gasteiger partial charge in [0.05, 0.1) is 6.67 Å². The van der Waals surface area contributed by atoms with E-state index in [1.807, 2.05) is 0 Å². The summed E-state index contributed by atoms with van der Waals surface area (Å²) in [6.07, 6.45) is 0. The Labute approximate surface area is 58.4 Å². The minimum atomic E-state index is -0.544. The lowest BCUT2D eigenvalue weighted by Crippen LogP contribution is -2.34. The van der Waals surface area contributed by atoms with Crippen molar-refractivity contribution >= 4 is 11.9 Å². The van der Waals surface area contributed by atoms with Gasteiger partial charge in [-0.2, -0.15) is 0 Å². The molecule has 1 aliphatic heterocycles. The van der Waals surface area contributed by atoms with Crippen molar-refractivity contribution in [2.75, 3.05) is 20.3 Å². The third kappa shape index (κ3) is 1.02. The van der Waals surface area contributed by atoms with E-state index >= 15 is 0 Å². The number of carbonyl (C=O) groups excluding carboxylic acids is 2. The van der Waals surface area contributed by atoms with Crippen LogP contribution in [0.15, 0.2) is 0 Å². The lowest BCUT2D eigenvalue weighted by Gasteiger charge is -2.10. The Balaban J connectivity index is 2.57. The Hall–Kier alpha value is -1.26. The molecule has 0 radical (unpaired) electrons. The molecule has 5 heteroatoms. The minimum Gasteiger partial charge on any atom is -0.351 e. The van der Waals surface area contributed by atoms with Crippen molar-refractivity contribution in [3.63, 3.8) is 0 Å². The first-order valence-corrected chi connectivity index (χ1v) is 2.89. The van der Waals surface area contributed by atoms with E-state index in [0.717, 1.165) is 0 Å². The smallest absolute Gasteiger partial charge is 0.316 e. The molecule has 0 aromatic rings. The van der Waals surface area contributed by atoms with E-state index < -0.39 is 6.03 Å². The molecule has 0 bridgehead atoms. The normalized spacial score (nSPS) is 18.3. The Bertz CT molecular complexity index is 180. The van der Waals surface area contributed by atoms with Crippen molar-refractivity contribution in [2.45, 2.75) is 0 Å². The SMILES string of the molecule is CN1CN(C(N)=O)CC1=O. The first-order valence-electron chi connectivity index (χ1n) is 2.89. The van der Waals surface area contributed by atoms with Crippen molar-refractivity contribution < 1.29 is 9.59 Å². The molecule has 1 rings (SSSR count). The molecule has 0 aromatic carbocycles. The number of urea groups is 1. The minimum absolute atomic E-state index is 0.0706. The van der Waals surface area contributed by atoms with E-state index in [1.165, 1.54) is 9.80 Å². The van der Waals surface area contributed by atoms with Gasteiger partial charge in [0, 0.05) is 7.05 Å². The predicted molar refractivity (Wildman–Crippen MR) is 33.9 cm³/mol. The van der Waals surface area contributed by atoms with Gasteiger partial charge in [0.15, 0.2) is 0 Å². The monoisotopic (exact) mass is 143 g/mol. The summed E-state index contributed by atoms with van der Waals surface area (Å²) in [6.45, 7) is 0.431. The molecule has 10 heavy (non-hydrogen) atoms. The van der Waals surface area contributed by atoms with Crippen LogP contribution in [-0.2, 0) is 4.79 Å². The molecule has 2 N–H and O–H groups in total. The maximum absolute atomic E-state index is 10.8. The third-order valence-corrected chi connectivity index (χ3v) is 1.45. The van der Waals surface area contributed by atoms with Crippen molar-refractivity contribution in [1.29, 1.82) is 0 Å². The zero-order valence-electron chi connectivity index (χ0n) is 5.70. The van der Waals surface area contributed by atoms with Gasteiger partial charge in [0.2, 0.25) is 5.91 Å². The van der Waals surface area contributed by atoms with Crippen molar-refractivity contribution in [3.8, 4) is 0 Å². The predicted octanol–water partition coefficient (Wildman–Crippen LogP) is -1.20. The summed E-state index contributed by atoms with van der Waals surface area (Å²) in [7, 11) is 1.63. The number of primary amides is 1. The van der Waals surface area contributed by atoms with E-state index in [0.29, 0.717) is 6.67 Å². The Morgan fingerprint density at radius 2 is 2.30 bits per heavy atom. The van der Waals surface area contributed by atoms with Crippen LogP contribution < -0.4 is 5.73 Å². The van der Waals surface area contributed by atoms with E-state index in [1.54, 1.807) is 7.05 Å². The number of amides is 3. The van der Waals surface area contributed by atoms with Crippen molar-refractivity contribution in [2.24, 2.45) is 5.73 Å². The van der Waals surface area contributed by atoms with Gasteiger partial charge in [-0.05, 0) is 0 Å². The Kier molecular flexibility index (Phi) is 1.48. The van der Waals surface area contributed by atoms with Crippen LogP contribution in [0.1, 0.15) is 0 Å². The maximum atomic E-state index is 10.8. The zero-order chi connectivity index (χ0) is 7.72. The lowest BCUT2D eigenvalue weighted by atomic mass is 10.6. The number of carbonyl (C=O) groups is 2. The Morgan fingerprint density at radius 3 is 2.50 bits per heavy atom. The van der Waals surface area contributed by atoms with Gasteiger partial charge in [0.1, 0.15) is 6.54 Å². The highest BCUT2D eigenvalue weighted by molar-refractivity contribution is 5.86. The molecule has 1 saturated heterocycles. The average molecular weight is 143 g/mol. The molecule has 0 spiro atoms. The molecule has 5 nitrogen and oxygen atoms in total. The number of rotatable bonds is 0. The van der Waals surface area contributed by atoms with Crippen LogP contribution in [0.25, 0.3) is 0 Å². The fourth-order valence-corrected chi connectivity index (χ4v) is 0.817. The average Bonchev–Trinajstić information content (AvgIpc) is 2.13. The van der Waals surface area contributed by atoms with Crippen LogP contribution in [0.5, 0.6) is 0 Å². The summed E-state index contributed by atoms with van der Waals surface area (Å²) in [5.74, 6) is -0.0706. The van der Waals surface area contributed by atoms with Gasteiger partial charge in [-0.1, -0.05) is 0 Å². The number of hydrogen-bond donors (Lipinski definition) is 1. The molecule has 3 amide bonds. The second kappa shape index (κ2) is 2.17. The van der Waals surface area contributed by atoms with Crippen LogP contribution >= 0.6 is 0 Å². The molecule has 56 valence electrons. The second-order valence-electron chi connectivity index (χ2n) is 2.27. The van der Waals surface area contributed by atoms with Crippen molar-refractivity contribution in [3.05, 3.63) is 0 Å². The standard InChI is InChI=1S/C5H9N3O2/c1-7-3-8(5(6)10)2-4(7)9/h2-3H2,1H3,(H2,6,10). The van der Waals surface area contributed by atoms with Crippen LogP contribution in [0.3, 0.4) is 0 Å². The maximum Gasteiger partial charge on any atom is 0.316 e. The summed E-state index contributed by atoms with van der Waals surface area (Å²) in [5, 5.41) is 0. The molecular formula is C5H9N3O2. The summed E-state index contributed by atoms with van der Waals surface area (Å²) >= 11 is 0. The fraction of sp³-hybridized carbons (Fsp3) is 0.600. The molecular weight excluding hydrogens is 134 g/mol. The molecule has 0 unspecified atom stereocenters. The van der Waals surface area contributed by atoms with Gasteiger partial charge >= 0.3 is 6.03 Å². The highest BCUT2D eigenvalue weighted by atomic mass is 16.2. The number of likely N-dealkylation sites (N-methyl/N-ethyl adjacent to an activating group) is 1. The summed E-state index contributed by atoms with van der Waals surface area (Å²) in [4.78, 5) is 24.0. The molecule has 0 saturated carbocycles. The summed E-state index contributed by atoms with van der Waals surface area (Å²) in [6, 6.07) is -0.544. The van der Waals surface area contributed by atoms with Crippen LogP contribution in [0, 0.1) is 0 Å². The molecule has 1 aliphatic rings. The molecule has 1 fully saturated rings. The van der Waals surface area contributed by atoms with Crippen LogP contribution in [0.4, 0.5) is 4.79 Å². The lowest BCUT2D eigenvalue weighted by molar-refractivity contribution is -0.125. The van der Waals surface area contributed by atoms with Gasteiger partial charge in [-0.15, -0.1) is 0 Å². The van der Waals surface area contributed by atoms with Gasteiger partial charge in [0.25, 0.3) is 0 Å². The highest BCUT2D eigenvalue weighted by Gasteiger charge is 2.26. The fourth-order valence-electron chi connectivity index (χ4n) is 0.817. The third-order valence-electron chi connectivity index (χ3n) is 1.45. The van der Waals surface area contributed by atoms with Crippen LogP contribution in [0.2, 0.25) is 0 Å². The highest BCUT2D eigenvalue weighted by Crippen LogP contribution is 2.01. The topological polar surface area (TPSA) is 66.6 Å². The molecule has 0 aromatic heterocycles. The summed E-state index contributed by atoms with van der Waals surface area (Å²) in [5.41, 5.74) is 4.93. The summed E-state index contributed by atoms with van der Waals surface area (Å²) < 4.78 is 0. The van der Waals surface area contributed by atoms with Gasteiger partial charge in [-0.3, -0.25) is 9.69 Å². The zero-order valence-corrected chi connectivity index (χ0v) is 5.70. The first-order chi connectivity index (χ1) is 4.61. The first kappa shape index (κ1) is 6.85. The second-order valence-corrected chi connectivity index (χ2v) is 2.27. The van der Waals surface area contributed by atoms with Gasteiger partial charge in [-0.25, -0.2) is 4.79 Å². The van der Waals surface area contributed by atoms with E-state index in [4.69, 9.17) is 5.73 Å². The van der Waals surface area contributed by atoms with Crippen LogP contribution in [-0.4, -0.2) is 42.0 Å². The molecule has 1 heterocycles. The number of nitrogens with two attached hydrogens (primary N) is 1. The van der Waals surface area contributed by atoms with Crippen molar-refractivity contribution in [1.82, 2.24) is 9.80 Å². The van der Waals surface area contributed by atoms with E-state index in [2.05, 4.69) is 0 Å². The Morgan fingerprint density at radius 1 is 1.70 bits per heavy atom. The number of hydrogen-bond acceptors (Lipinski definition) is 2. The quantitative estimate of drug-likeness (QED) is 0.462. The van der Waals surface area contributed by atoms with Gasteiger partial charge < -0.3 is 10.6 Å². The molecule has 0 atom stereocenters. The number of nitrogens with zero attached hydrogens (tertiary/aromatic N) is 2. The van der Waals surface area contributed by atoms with E-state index in [-0.39, 0.29) is 12.5 Å². The van der Waals surface area contributed by atoms with E-state index in [9.17, 15) is 9.59 Å². The largest absolute Gasteiger partial charge is 0.351 e. The molecule has 0 aliphatic carbocycles.